The van der Waals surface area contributed by atoms with Crippen LogP contribution in [0.3, 0.4) is 0 Å². The van der Waals surface area contributed by atoms with Gasteiger partial charge in [-0.25, -0.2) is 9.18 Å². The number of urea groups is 1. The maximum Gasteiger partial charge on any atom is 0.325 e. The van der Waals surface area contributed by atoms with Gasteiger partial charge in [-0.15, -0.1) is 0 Å². The number of amides is 4. The molecule has 8 heteroatoms. The zero-order valence-corrected chi connectivity index (χ0v) is 14.5. The lowest BCUT2D eigenvalue weighted by atomic mass is 9.92. The molecule has 26 heavy (non-hydrogen) atoms. The van der Waals surface area contributed by atoms with E-state index in [4.69, 9.17) is 11.6 Å². The molecule has 4 amide bonds. The number of hydrogen-bond acceptors (Lipinski definition) is 3. The van der Waals surface area contributed by atoms with E-state index in [0.29, 0.717) is 10.6 Å². The van der Waals surface area contributed by atoms with Gasteiger partial charge in [-0.2, -0.15) is 0 Å². The van der Waals surface area contributed by atoms with Gasteiger partial charge in [-0.1, -0.05) is 29.8 Å². The van der Waals surface area contributed by atoms with E-state index < -0.39 is 35.7 Å². The molecule has 1 aliphatic heterocycles. The Morgan fingerprint density at radius 3 is 2.58 bits per heavy atom. The first kappa shape index (κ1) is 17.9. The fraction of sp³-hybridized carbons (Fsp3) is 0.167. The summed E-state index contributed by atoms with van der Waals surface area (Å²) in [5.41, 5.74) is -0.503. The molecule has 0 aromatic heterocycles. The zero-order valence-electron chi connectivity index (χ0n) is 13.8. The summed E-state index contributed by atoms with van der Waals surface area (Å²) in [7, 11) is 0. The number of carbonyl (C=O) groups excluding carboxylic acids is 3. The summed E-state index contributed by atoms with van der Waals surface area (Å²) in [6.07, 6.45) is 0. The fourth-order valence-corrected chi connectivity index (χ4v) is 2.86. The van der Waals surface area contributed by atoms with Crippen molar-refractivity contribution >= 4 is 35.1 Å². The molecule has 0 unspecified atom stereocenters. The van der Waals surface area contributed by atoms with Gasteiger partial charge in [0.25, 0.3) is 5.91 Å². The summed E-state index contributed by atoms with van der Waals surface area (Å²) in [5.74, 6) is -1.67. The maximum atomic E-state index is 13.2. The Morgan fingerprint density at radius 1 is 1.23 bits per heavy atom. The molecule has 1 aliphatic rings. The molecule has 134 valence electrons. The van der Waals surface area contributed by atoms with Gasteiger partial charge in [0, 0.05) is 10.7 Å². The molecule has 3 rings (SSSR count). The number of hydrogen-bond donors (Lipinski definition) is 2. The van der Waals surface area contributed by atoms with Crippen LogP contribution in [0.1, 0.15) is 12.5 Å². The summed E-state index contributed by atoms with van der Waals surface area (Å²) >= 11 is 5.85. The van der Waals surface area contributed by atoms with Crippen molar-refractivity contribution in [3.8, 4) is 0 Å². The highest BCUT2D eigenvalue weighted by molar-refractivity contribution is 6.30. The van der Waals surface area contributed by atoms with Gasteiger partial charge in [0.2, 0.25) is 5.91 Å². The maximum absolute atomic E-state index is 13.2. The third-order valence-corrected chi connectivity index (χ3v) is 4.36. The van der Waals surface area contributed by atoms with Gasteiger partial charge >= 0.3 is 6.03 Å². The molecule has 1 heterocycles. The molecule has 2 aromatic carbocycles. The molecule has 1 atom stereocenters. The van der Waals surface area contributed by atoms with Crippen molar-refractivity contribution in [2.75, 3.05) is 11.9 Å². The van der Waals surface area contributed by atoms with Gasteiger partial charge in [-0.3, -0.25) is 14.5 Å². The Kier molecular flexibility index (Phi) is 4.65. The van der Waals surface area contributed by atoms with Crippen molar-refractivity contribution in [1.82, 2.24) is 10.2 Å². The molecular weight excluding hydrogens is 361 g/mol. The van der Waals surface area contributed by atoms with Gasteiger partial charge in [0.15, 0.2) is 0 Å². The molecular formula is C18H15ClFN3O3. The van der Waals surface area contributed by atoms with Crippen molar-refractivity contribution in [3.63, 3.8) is 0 Å². The number of rotatable bonds is 4. The molecule has 0 bridgehead atoms. The first-order chi connectivity index (χ1) is 12.3. The molecule has 0 spiro atoms. The SMILES string of the molecule is C[C@@]1(c2ccc(Cl)cc2)NC(=O)N(CC(=O)Nc2cccc(F)c2)C1=O. The van der Waals surface area contributed by atoms with Crippen LogP contribution in [0.5, 0.6) is 0 Å². The lowest BCUT2D eigenvalue weighted by Crippen LogP contribution is -2.42. The second kappa shape index (κ2) is 6.76. The van der Waals surface area contributed by atoms with Crippen LogP contribution in [0.25, 0.3) is 0 Å². The predicted molar refractivity (Wildman–Crippen MR) is 94.1 cm³/mol. The Hall–Kier alpha value is -2.93. The van der Waals surface area contributed by atoms with E-state index >= 15 is 0 Å². The van der Waals surface area contributed by atoms with E-state index in [1.54, 1.807) is 31.2 Å². The Labute approximate surface area is 153 Å². The van der Waals surface area contributed by atoms with E-state index in [0.717, 1.165) is 11.0 Å². The lowest BCUT2D eigenvalue weighted by Gasteiger charge is -2.22. The van der Waals surface area contributed by atoms with Crippen LogP contribution < -0.4 is 10.6 Å². The van der Waals surface area contributed by atoms with E-state index in [9.17, 15) is 18.8 Å². The largest absolute Gasteiger partial charge is 0.325 e. The quantitative estimate of drug-likeness (QED) is 0.806. The van der Waals surface area contributed by atoms with Crippen LogP contribution >= 0.6 is 11.6 Å². The van der Waals surface area contributed by atoms with Crippen molar-refractivity contribution in [2.24, 2.45) is 0 Å². The first-order valence-electron chi connectivity index (χ1n) is 7.75. The van der Waals surface area contributed by atoms with Crippen LogP contribution in [0, 0.1) is 5.82 Å². The molecule has 0 saturated carbocycles. The number of carbonyl (C=O) groups is 3. The molecule has 0 aliphatic carbocycles. The minimum Gasteiger partial charge on any atom is -0.324 e. The highest BCUT2D eigenvalue weighted by Gasteiger charge is 2.49. The number of nitrogens with one attached hydrogen (secondary N) is 2. The monoisotopic (exact) mass is 375 g/mol. The summed E-state index contributed by atoms with van der Waals surface area (Å²) in [4.78, 5) is 37.9. The molecule has 0 radical (unpaired) electrons. The molecule has 2 aromatic rings. The second-order valence-electron chi connectivity index (χ2n) is 6.01. The van der Waals surface area contributed by atoms with Crippen molar-refractivity contribution in [3.05, 3.63) is 64.9 Å². The molecule has 6 nitrogen and oxygen atoms in total. The molecule has 1 fully saturated rings. The highest BCUT2D eigenvalue weighted by Crippen LogP contribution is 2.29. The van der Waals surface area contributed by atoms with Gasteiger partial charge < -0.3 is 10.6 Å². The Morgan fingerprint density at radius 2 is 1.92 bits per heavy atom. The summed E-state index contributed by atoms with van der Waals surface area (Å²) < 4.78 is 13.2. The second-order valence-corrected chi connectivity index (χ2v) is 6.45. The van der Waals surface area contributed by atoms with Crippen molar-refractivity contribution < 1.29 is 18.8 Å². The predicted octanol–water partition coefficient (Wildman–Crippen LogP) is 2.88. The number of halogens is 2. The Balaban J connectivity index is 1.74. The van der Waals surface area contributed by atoms with Crippen molar-refractivity contribution in [1.29, 1.82) is 0 Å². The van der Waals surface area contributed by atoms with E-state index in [1.165, 1.54) is 18.2 Å². The number of nitrogens with zero attached hydrogens (tertiary/aromatic N) is 1. The molecule has 1 saturated heterocycles. The average Bonchev–Trinajstić information content (AvgIpc) is 2.79. The lowest BCUT2D eigenvalue weighted by molar-refractivity contribution is -0.133. The Bertz CT molecular complexity index is 888. The van der Waals surface area contributed by atoms with E-state index in [-0.39, 0.29) is 5.69 Å². The van der Waals surface area contributed by atoms with Gasteiger partial charge in [0.05, 0.1) is 0 Å². The minimum atomic E-state index is -1.29. The van der Waals surface area contributed by atoms with Crippen molar-refractivity contribution in [2.45, 2.75) is 12.5 Å². The van der Waals surface area contributed by atoms with Crippen LogP contribution in [0.15, 0.2) is 48.5 Å². The minimum absolute atomic E-state index is 0.238. The zero-order chi connectivity index (χ0) is 18.9. The third-order valence-electron chi connectivity index (χ3n) is 4.11. The highest BCUT2D eigenvalue weighted by atomic mass is 35.5. The smallest absolute Gasteiger partial charge is 0.324 e. The van der Waals surface area contributed by atoms with E-state index in [1.807, 2.05) is 0 Å². The average molecular weight is 376 g/mol. The van der Waals surface area contributed by atoms with Crippen LogP contribution in [0.4, 0.5) is 14.9 Å². The third kappa shape index (κ3) is 3.39. The number of imide groups is 1. The summed E-state index contributed by atoms with van der Waals surface area (Å²) in [6, 6.07) is 11.1. The van der Waals surface area contributed by atoms with Crippen LogP contribution in [-0.4, -0.2) is 29.3 Å². The van der Waals surface area contributed by atoms with Gasteiger partial charge in [-0.05, 0) is 42.8 Å². The first-order valence-corrected chi connectivity index (χ1v) is 8.13. The normalized spacial score (nSPS) is 19.4. The molecule has 2 N–H and O–H groups in total. The summed E-state index contributed by atoms with van der Waals surface area (Å²) in [5, 5.41) is 5.55. The van der Waals surface area contributed by atoms with Crippen LogP contribution in [0.2, 0.25) is 5.02 Å². The van der Waals surface area contributed by atoms with E-state index in [2.05, 4.69) is 10.6 Å². The van der Waals surface area contributed by atoms with Crippen LogP contribution in [-0.2, 0) is 15.1 Å². The number of anilines is 1. The van der Waals surface area contributed by atoms with Gasteiger partial charge in [0.1, 0.15) is 17.9 Å². The summed E-state index contributed by atoms with van der Waals surface area (Å²) in [6.45, 7) is 1.07. The fourth-order valence-electron chi connectivity index (χ4n) is 2.73. The number of benzene rings is 2. The standard InChI is InChI=1S/C18H15ClFN3O3/c1-18(11-5-7-12(19)8-6-11)16(25)23(17(26)22-18)10-15(24)21-14-4-2-3-13(20)9-14/h2-9H,10H2,1H3,(H,21,24)(H,22,26)/t18-/m0/s1. The topological polar surface area (TPSA) is 78.5 Å².